The molecule has 3 nitrogen and oxygen atoms in total. The Bertz CT molecular complexity index is 1260. The van der Waals surface area contributed by atoms with Gasteiger partial charge in [0.2, 0.25) is 0 Å². The minimum absolute atomic E-state index is 0.000770. The van der Waals surface area contributed by atoms with Gasteiger partial charge in [-0.15, -0.1) is 0 Å². The lowest BCUT2D eigenvalue weighted by Crippen LogP contribution is -2.36. The lowest BCUT2D eigenvalue weighted by molar-refractivity contribution is -0.128. The van der Waals surface area contributed by atoms with Gasteiger partial charge in [0.15, 0.2) is 5.78 Å². The fourth-order valence-electron chi connectivity index (χ4n) is 6.95. The summed E-state index contributed by atoms with van der Waals surface area (Å²) >= 11 is 6.91. The standard InChI is InChI=1S/C36H42ClNO2/c37-33-18-11-10-17-32(33)36(29-15-8-5-9-16-29,26-31(39)25-35(40)34-19-12-24-38-34)30-22-20-28(21-23-30)27-13-6-3-1-2-4-7-14-27/h5,8-11,15-18,20-23,27,34,38H,1-4,6-7,12-14,19,24-26H2/t34-,36?/m0/s1. The highest BCUT2D eigenvalue weighted by molar-refractivity contribution is 6.31. The molecule has 0 bridgehead atoms. The van der Waals surface area contributed by atoms with Gasteiger partial charge >= 0.3 is 0 Å². The Kier molecular flexibility index (Phi) is 9.88. The molecule has 0 radical (unpaired) electrons. The van der Waals surface area contributed by atoms with E-state index in [4.69, 9.17) is 11.6 Å². The molecule has 40 heavy (non-hydrogen) atoms. The van der Waals surface area contributed by atoms with Crippen molar-refractivity contribution in [3.63, 3.8) is 0 Å². The summed E-state index contributed by atoms with van der Waals surface area (Å²) in [5.74, 6) is 0.527. The van der Waals surface area contributed by atoms with E-state index in [0.717, 1.165) is 36.1 Å². The lowest BCUT2D eigenvalue weighted by Gasteiger charge is -2.36. The van der Waals surface area contributed by atoms with E-state index in [1.165, 1.54) is 56.9 Å². The number of hydrogen-bond donors (Lipinski definition) is 1. The van der Waals surface area contributed by atoms with Crippen LogP contribution in [0.2, 0.25) is 5.02 Å². The van der Waals surface area contributed by atoms with Crippen molar-refractivity contribution in [3.8, 4) is 0 Å². The maximum absolute atomic E-state index is 13.8. The van der Waals surface area contributed by atoms with Gasteiger partial charge in [-0.2, -0.15) is 0 Å². The van der Waals surface area contributed by atoms with Crippen LogP contribution < -0.4 is 5.32 Å². The summed E-state index contributed by atoms with van der Waals surface area (Å²) in [4.78, 5) is 26.8. The van der Waals surface area contributed by atoms with Crippen LogP contribution in [-0.4, -0.2) is 24.2 Å². The van der Waals surface area contributed by atoms with E-state index in [0.29, 0.717) is 10.9 Å². The van der Waals surface area contributed by atoms with Gasteiger partial charge in [0, 0.05) is 11.4 Å². The second-order valence-corrected chi connectivity index (χ2v) is 12.2. The topological polar surface area (TPSA) is 46.2 Å². The maximum atomic E-state index is 13.8. The third kappa shape index (κ3) is 6.58. The normalized spacial score (nSPS) is 20.2. The average molecular weight is 556 g/mol. The summed E-state index contributed by atoms with van der Waals surface area (Å²) < 4.78 is 0. The van der Waals surface area contributed by atoms with E-state index in [9.17, 15) is 9.59 Å². The third-order valence-electron chi connectivity index (χ3n) is 9.11. The summed E-state index contributed by atoms with van der Waals surface area (Å²) in [5.41, 5.74) is 3.55. The molecule has 1 N–H and O–H groups in total. The highest BCUT2D eigenvalue weighted by atomic mass is 35.5. The Balaban J connectivity index is 1.54. The number of Topliss-reactive ketones (excluding diaryl/α,β-unsaturated/α-hetero) is 2. The van der Waals surface area contributed by atoms with Crippen molar-refractivity contribution in [2.24, 2.45) is 0 Å². The smallest absolute Gasteiger partial charge is 0.157 e. The minimum atomic E-state index is -0.795. The van der Waals surface area contributed by atoms with Gasteiger partial charge in [-0.25, -0.2) is 0 Å². The van der Waals surface area contributed by atoms with Gasteiger partial charge < -0.3 is 5.32 Å². The quantitative estimate of drug-likeness (QED) is 0.212. The molecule has 0 aromatic heterocycles. The van der Waals surface area contributed by atoms with Crippen molar-refractivity contribution in [2.75, 3.05) is 6.54 Å². The van der Waals surface area contributed by atoms with Crippen molar-refractivity contribution < 1.29 is 9.59 Å². The van der Waals surface area contributed by atoms with E-state index < -0.39 is 5.41 Å². The molecular formula is C36H42ClNO2. The number of carbonyl (C=O) groups is 2. The largest absolute Gasteiger partial charge is 0.307 e. The Morgan fingerprint density at radius 3 is 2.00 bits per heavy atom. The van der Waals surface area contributed by atoms with Crippen LogP contribution in [-0.2, 0) is 15.0 Å². The molecule has 2 aliphatic rings. The summed E-state index contributed by atoms with van der Waals surface area (Å²) in [7, 11) is 0. The SMILES string of the molecule is O=C(CC(=O)[C@@H]1CCCN1)CC(c1ccccc1)(c1ccc(C2CCCCCCCC2)cc1)c1ccccc1Cl. The van der Waals surface area contributed by atoms with Gasteiger partial charge in [-0.05, 0) is 66.5 Å². The summed E-state index contributed by atoms with van der Waals surface area (Å²) in [5, 5.41) is 3.88. The number of hydrogen-bond acceptors (Lipinski definition) is 3. The van der Waals surface area contributed by atoms with Crippen LogP contribution in [0.25, 0.3) is 0 Å². The number of rotatable bonds is 9. The number of carbonyl (C=O) groups excluding carboxylic acids is 2. The molecule has 1 saturated heterocycles. The van der Waals surface area contributed by atoms with Crippen molar-refractivity contribution in [1.82, 2.24) is 5.32 Å². The summed E-state index contributed by atoms with van der Waals surface area (Å²) in [6, 6.07) is 26.9. The molecule has 1 heterocycles. The molecule has 0 amide bonds. The molecule has 3 aromatic rings. The zero-order chi connectivity index (χ0) is 27.8. The van der Waals surface area contributed by atoms with E-state index in [1.807, 2.05) is 42.5 Å². The van der Waals surface area contributed by atoms with Crippen LogP contribution in [0.4, 0.5) is 0 Å². The Hall–Kier alpha value is -2.75. The fourth-order valence-corrected chi connectivity index (χ4v) is 7.25. The Morgan fingerprint density at radius 2 is 1.35 bits per heavy atom. The van der Waals surface area contributed by atoms with Crippen molar-refractivity contribution in [1.29, 1.82) is 0 Å². The second kappa shape index (κ2) is 13.7. The van der Waals surface area contributed by atoms with Gasteiger partial charge in [0.1, 0.15) is 5.78 Å². The fraction of sp³-hybridized carbons (Fsp3) is 0.444. The minimum Gasteiger partial charge on any atom is -0.307 e. The average Bonchev–Trinajstić information content (AvgIpc) is 3.56. The molecular weight excluding hydrogens is 514 g/mol. The molecule has 0 spiro atoms. The van der Waals surface area contributed by atoms with Gasteiger partial charge in [0.05, 0.1) is 17.9 Å². The van der Waals surface area contributed by atoms with E-state index in [-0.39, 0.29) is 30.4 Å². The summed E-state index contributed by atoms with van der Waals surface area (Å²) in [6.45, 7) is 0.839. The van der Waals surface area contributed by atoms with Gasteiger partial charge in [-0.1, -0.05) is 123 Å². The van der Waals surface area contributed by atoms with Crippen LogP contribution in [0.3, 0.4) is 0 Å². The van der Waals surface area contributed by atoms with Crippen LogP contribution in [0, 0.1) is 0 Å². The van der Waals surface area contributed by atoms with Crippen molar-refractivity contribution >= 4 is 23.2 Å². The third-order valence-corrected chi connectivity index (χ3v) is 9.44. The highest BCUT2D eigenvalue weighted by Gasteiger charge is 2.40. The number of halogens is 1. The molecule has 1 saturated carbocycles. The first kappa shape index (κ1) is 28.8. The zero-order valence-corrected chi connectivity index (χ0v) is 24.3. The first-order chi connectivity index (χ1) is 19.6. The van der Waals surface area contributed by atoms with E-state index in [2.05, 4.69) is 41.7 Å². The van der Waals surface area contributed by atoms with E-state index >= 15 is 0 Å². The molecule has 1 unspecified atom stereocenters. The van der Waals surface area contributed by atoms with Crippen LogP contribution in [0.5, 0.6) is 0 Å². The molecule has 4 heteroatoms. The molecule has 210 valence electrons. The highest BCUT2D eigenvalue weighted by Crippen LogP contribution is 2.46. The van der Waals surface area contributed by atoms with Gasteiger partial charge in [0.25, 0.3) is 0 Å². The number of ketones is 2. The van der Waals surface area contributed by atoms with Crippen molar-refractivity contribution in [2.45, 2.75) is 94.4 Å². The first-order valence-electron chi connectivity index (χ1n) is 15.3. The van der Waals surface area contributed by atoms with Crippen LogP contribution in [0.1, 0.15) is 105 Å². The zero-order valence-electron chi connectivity index (χ0n) is 23.5. The van der Waals surface area contributed by atoms with E-state index in [1.54, 1.807) is 0 Å². The van der Waals surface area contributed by atoms with Crippen LogP contribution >= 0.6 is 11.6 Å². The molecule has 1 aliphatic carbocycles. The first-order valence-corrected chi connectivity index (χ1v) is 15.6. The molecule has 3 aromatic carbocycles. The van der Waals surface area contributed by atoms with Crippen LogP contribution in [0.15, 0.2) is 78.9 Å². The summed E-state index contributed by atoms with van der Waals surface area (Å²) in [6.07, 6.45) is 12.3. The van der Waals surface area contributed by atoms with Crippen molar-refractivity contribution in [3.05, 3.63) is 106 Å². The second-order valence-electron chi connectivity index (χ2n) is 11.8. The number of benzene rings is 3. The molecule has 2 atom stereocenters. The Morgan fingerprint density at radius 1 is 0.725 bits per heavy atom. The lowest BCUT2D eigenvalue weighted by atomic mass is 9.66. The number of nitrogens with one attached hydrogen (secondary N) is 1. The monoisotopic (exact) mass is 555 g/mol. The molecule has 5 rings (SSSR count). The predicted molar refractivity (Wildman–Crippen MR) is 164 cm³/mol. The maximum Gasteiger partial charge on any atom is 0.157 e. The van der Waals surface area contributed by atoms with Gasteiger partial charge in [-0.3, -0.25) is 9.59 Å². The Labute approximate surface area is 244 Å². The molecule has 1 aliphatic heterocycles. The predicted octanol–water partition coefficient (Wildman–Crippen LogP) is 8.56. The molecule has 2 fully saturated rings.